The average molecular weight is 457 g/mol. The van der Waals surface area contributed by atoms with Gasteiger partial charge in [-0.2, -0.15) is 0 Å². The van der Waals surface area contributed by atoms with Crippen LogP contribution in [-0.4, -0.2) is 22.3 Å². The molecule has 0 saturated heterocycles. The number of rotatable bonds is 1. The van der Waals surface area contributed by atoms with Gasteiger partial charge in [-0.15, -0.1) is 0 Å². The number of fused-ring (bicyclic) bond motifs is 7. The van der Waals surface area contributed by atoms with Crippen molar-refractivity contribution in [1.29, 1.82) is 0 Å². The Morgan fingerprint density at radius 2 is 1.55 bits per heavy atom. The van der Waals surface area contributed by atoms with Gasteiger partial charge in [-0.25, -0.2) is 0 Å². The van der Waals surface area contributed by atoms with Gasteiger partial charge >= 0.3 is 5.97 Å². The van der Waals surface area contributed by atoms with Gasteiger partial charge in [0, 0.05) is 0 Å². The van der Waals surface area contributed by atoms with Crippen LogP contribution in [0.2, 0.25) is 0 Å². The number of aliphatic hydroxyl groups excluding tert-OH is 1. The van der Waals surface area contributed by atoms with E-state index in [-0.39, 0.29) is 22.2 Å². The Bertz CT molecular complexity index is 889. The molecule has 0 spiro atoms. The van der Waals surface area contributed by atoms with Crippen LogP contribution in [0.25, 0.3) is 0 Å². The summed E-state index contributed by atoms with van der Waals surface area (Å²) in [4.78, 5) is 12.5. The lowest BCUT2D eigenvalue weighted by molar-refractivity contribution is -0.216. The van der Waals surface area contributed by atoms with E-state index in [0.29, 0.717) is 29.1 Å². The van der Waals surface area contributed by atoms with Crippen LogP contribution in [0.1, 0.15) is 113 Å². The summed E-state index contributed by atoms with van der Waals surface area (Å²) in [5.41, 5.74) is 1.98. The van der Waals surface area contributed by atoms with Gasteiger partial charge in [-0.05, 0) is 116 Å². The van der Waals surface area contributed by atoms with Gasteiger partial charge in [0.2, 0.25) is 0 Å². The van der Waals surface area contributed by atoms with Gasteiger partial charge in [-0.3, -0.25) is 4.79 Å². The Morgan fingerprint density at radius 3 is 2.21 bits per heavy atom. The highest BCUT2D eigenvalue weighted by Crippen LogP contribution is 2.75. The molecule has 9 atom stereocenters. The molecule has 0 radical (unpaired) electrons. The molecule has 2 N–H and O–H groups in total. The number of hydrogen-bond donors (Lipinski definition) is 2. The van der Waals surface area contributed by atoms with Crippen LogP contribution in [0.5, 0.6) is 0 Å². The van der Waals surface area contributed by atoms with Crippen molar-refractivity contribution in [2.45, 2.75) is 119 Å². The Labute approximate surface area is 201 Å². The molecule has 186 valence electrons. The second-order valence-corrected chi connectivity index (χ2v) is 15.0. The lowest BCUT2D eigenvalue weighted by atomic mass is 9.33. The predicted octanol–water partition coefficient (Wildman–Crippen LogP) is 7.23. The van der Waals surface area contributed by atoms with E-state index in [9.17, 15) is 15.0 Å². The molecule has 0 bridgehead atoms. The van der Waals surface area contributed by atoms with Crippen LogP contribution in [0, 0.1) is 50.2 Å². The molecule has 3 nitrogen and oxygen atoms in total. The van der Waals surface area contributed by atoms with Crippen LogP contribution in [-0.2, 0) is 4.79 Å². The smallest absolute Gasteiger partial charge is 0.312 e. The summed E-state index contributed by atoms with van der Waals surface area (Å²) >= 11 is 0. The summed E-state index contributed by atoms with van der Waals surface area (Å²) in [6.45, 7) is 16.9. The van der Waals surface area contributed by atoms with Gasteiger partial charge in [0.15, 0.2) is 0 Å². The summed E-state index contributed by atoms with van der Waals surface area (Å²) in [5, 5.41) is 21.1. The molecule has 0 aliphatic heterocycles. The van der Waals surface area contributed by atoms with Gasteiger partial charge in [0.1, 0.15) is 0 Å². The number of allylic oxidation sites excluding steroid dienone is 2. The molecule has 33 heavy (non-hydrogen) atoms. The van der Waals surface area contributed by atoms with Crippen molar-refractivity contribution in [2.75, 3.05) is 0 Å². The minimum Gasteiger partial charge on any atom is -0.481 e. The molecule has 0 amide bonds. The SMILES string of the molecule is CC1(C)CC[C@]2(C)CC[C@]3(C)C(=CC[C@@H]4[C@]5(C)CC[C@H](O)[C@](C)(C(=O)O)[C@@H]5CC[C@]43C)[C@H]2C1. The normalized spacial score (nSPS) is 55.3. The van der Waals surface area contributed by atoms with E-state index in [1.807, 2.05) is 6.92 Å². The molecule has 5 aliphatic rings. The first-order chi connectivity index (χ1) is 15.1. The van der Waals surface area contributed by atoms with Gasteiger partial charge in [0.25, 0.3) is 0 Å². The summed E-state index contributed by atoms with van der Waals surface area (Å²) < 4.78 is 0. The number of aliphatic carboxylic acids is 1. The molecule has 0 heterocycles. The second-order valence-electron chi connectivity index (χ2n) is 15.0. The second kappa shape index (κ2) is 6.89. The topological polar surface area (TPSA) is 57.5 Å². The van der Waals surface area contributed by atoms with Gasteiger partial charge in [0.05, 0.1) is 11.5 Å². The molecular weight excluding hydrogens is 408 g/mol. The Morgan fingerprint density at radius 1 is 0.879 bits per heavy atom. The summed E-state index contributed by atoms with van der Waals surface area (Å²) in [7, 11) is 0. The van der Waals surface area contributed by atoms with Crippen LogP contribution in [0.4, 0.5) is 0 Å². The predicted molar refractivity (Wildman–Crippen MR) is 133 cm³/mol. The zero-order chi connectivity index (χ0) is 24.2. The number of carboxylic acids is 1. The lowest BCUT2D eigenvalue weighted by Crippen LogP contribution is -2.66. The van der Waals surface area contributed by atoms with E-state index in [1.165, 1.54) is 32.1 Å². The first-order valence-corrected chi connectivity index (χ1v) is 13.8. The van der Waals surface area contributed by atoms with E-state index in [4.69, 9.17) is 0 Å². The highest BCUT2D eigenvalue weighted by atomic mass is 16.4. The largest absolute Gasteiger partial charge is 0.481 e. The summed E-state index contributed by atoms with van der Waals surface area (Å²) in [6.07, 6.45) is 13.2. The minimum absolute atomic E-state index is 0.0308. The monoisotopic (exact) mass is 456 g/mol. The molecule has 4 saturated carbocycles. The van der Waals surface area contributed by atoms with Gasteiger partial charge < -0.3 is 10.2 Å². The number of aliphatic hydroxyl groups is 1. The quantitative estimate of drug-likeness (QED) is 0.409. The van der Waals surface area contributed by atoms with E-state index in [1.54, 1.807) is 5.57 Å². The highest BCUT2D eigenvalue weighted by molar-refractivity contribution is 5.76. The van der Waals surface area contributed by atoms with Crippen LogP contribution < -0.4 is 0 Å². The molecule has 0 aromatic carbocycles. The lowest BCUT2D eigenvalue weighted by Gasteiger charge is -2.71. The number of hydrogen-bond acceptors (Lipinski definition) is 2. The number of carboxylic acid groups (broad SMARTS) is 1. The fourth-order valence-electron chi connectivity index (χ4n) is 10.5. The highest BCUT2D eigenvalue weighted by Gasteiger charge is 2.69. The van der Waals surface area contributed by atoms with Gasteiger partial charge in [-0.1, -0.05) is 53.2 Å². The Balaban J connectivity index is 1.58. The van der Waals surface area contributed by atoms with Crippen molar-refractivity contribution in [3.8, 4) is 0 Å². The molecule has 5 rings (SSSR count). The molecule has 5 aliphatic carbocycles. The maximum absolute atomic E-state index is 12.5. The maximum Gasteiger partial charge on any atom is 0.312 e. The number of carbonyl (C=O) groups is 1. The van der Waals surface area contributed by atoms with Crippen molar-refractivity contribution in [2.24, 2.45) is 50.2 Å². The molecule has 0 aromatic heterocycles. The third kappa shape index (κ3) is 2.87. The Kier molecular flexibility index (Phi) is 4.99. The average Bonchev–Trinajstić information content (AvgIpc) is 2.72. The third-order valence-electron chi connectivity index (χ3n) is 13.2. The fourth-order valence-corrected chi connectivity index (χ4v) is 10.5. The maximum atomic E-state index is 12.5. The van der Waals surface area contributed by atoms with Crippen molar-refractivity contribution in [3.63, 3.8) is 0 Å². The van der Waals surface area contributed by atoms with Crippen molar-refractivity contribution >= 4 is 5.97 Å². The van der Waals surface area contributed by atoms with E-state index in [2.05, 4.69) is 47.6 Å². The van der Waals surface area contributed by atoms with E-state index >= 15 is 0 Å². The summed E-state index contributed by atoms with van der Waals surface area (Å²) in [6, 6.07) is 0. The minimum atomic E-state index is -1.03. The molecular formula is C30H48O3. The molecule has 0 unspecified atom stereocenters. The van der Waals surface area contributed by atoms with Crippen LogP contribution in [0.3, 0.4) is 0 Å². The molecule has 3 heteroatoms. The standard InChI is InChI=1S/C30H48O3/c1-25(2)14-15-26(3)16-17-28(5)19(20(26)18-25)8-9-21-27(4)12-11-23(31)30(7,24(32)33)22(27)10-13-29(21,28)6/h8,20-23,31H,9-18H2,1-7H3,(H,32,33)/t20-,21-,22-,23+,26-,27+,28-,29-,30-/m1/s1. The fraction of sp³-hybridized carbons (Fsp3) is 0.900. The molecule has 4 fully saturated rings. The van der Waals surface area contributed by atoms with E-state index in [0.717, 1.165) is 25.7 Å². The zero-order valence-electron chi connectivity index (χ0n) is 22.3. The third-order valence-corrected chi connectivity index (χ3v) is 13.2. The first-order valence-electron chi connectivity index (χ1n) is 13.8. The Hall–Kier alpha value is -0.830. The van der Waals surface area contributed by atoms with Crippen LogP contribution in [0.15, 0.2) is 11.6 Å². The van der Waals surface area contributed by atoms with Crippen LogP contribution >= 0.6 is 0 Å². The molecule has 0 aromatic rings. The first kappa shape index (κ1) is 23.9. The van der Waals surface area contributed by atoms with Crippen molar-refractivity contribution in [1.82, 2.24) is 0 Å². The summed E-state index contributed by atoms with van der Waals surface area (Å²) in [5.74, 6) is 0.432. The van der Waals surface area contributed by atoms with Crippen molar-refractivity contribution < 1.29 is 15.0 Å². The van der Waals surface area contributed by atoms with E-state index < -0.39 is 17.5 Å². The zero-order valence-corrected chi connectivity index (χ0v) is 22.3. The van der Waals surface area contributed by atoms with Crippen molar-refractivity contribution in [3.05, 3.63) is 11.6 Å².